The van der Waals surface area contributed by atoms with Gasteiger partial charge in [-0.25, -0.2) is 8.42 Å². The lowest BCUT2D eigenvalue weighted by molar-refractivity contribution is -0.137. The van der Waals surface area contributed by atoms with Gasteiger partial charge in [0.15, 0.2) is 0 Å². The Bertz CT molecular complexity index is 703. The third-order valence-corrected chi connectivity index (χ3v) is 7.23. The standard InChI is InChI=1S/C23H39NO5S/c1-3-5-8-11-22(25)21-15-13-20(14-16-21)19-24(30(28,29)18-4-2)17-10-7-6-9-12-23(26)27/h13-16,22,25H,3-12,17-19H2,1-2H3,(H,26,27). The van der Waals surface area contributed by atoms with Crippen molar-refractivity contribution in [1.82, 2.24) is 4.31 Å². The Morgan fingerprint density at radius 1 is 0.967 bits per heavy atom. The summed E-state index contributed by atoms with van der Waals surface area (Å²) >= 11 is 0. The van der Waals surface area contributed by atoms with Crippen molar-refractivity contribution in [1.29, 1.82) is 0 Å². The number of sulfonamides is 1. The van der Waals surface area contributed by atoms with Crippen LogP contribution in [0.3, 0.4) is 0 Å². The summed E-state index contributed by atoms with van der Waals surface area (Å²) in [5.41, 5.74) is 1.78. The Morgan fingerprint density at radius 3 is 2.23 bits per heavy atom. The first-order chi connectivity index (χ1) is 14.3. The number of hydrogen-bond acceptors (Lipinski definition) is 4. The molecule has 1 atom stereocenters. The number of hydrogen-bond donors (Lipinski definition) is 2. The number of carbonyl (C=O) groups is 1. The molecule has 0 aliphatic rings. The summed E-state index contributed by atoms with van der Waals surface area (Å²) in [6.07, 6.45) is 7.16. The maximum Gasteiger partial charge on any atom is 0.303 e. The second-order valence-corrected chi connectivity index (χ2v) is 10.0. The Morgan fingerprint density at radius 2 is 1.63 bits per heavy atom. The third-order valence-electron chi connectivity index (χ3n) is 5.21. The van der Waals surface area contributed by atoms with Crippen molar-refractivity contribution in [2.45, 2.75) is 90.7 Å². The monoisotopic (exact) mass is 441 g/mol. The molecule has 0 bridgehead atoms. The maximum atomic E-state index is 12.7. The van der Waals surface area contributed by atoms with Crippen LogP contribution in [0.2, 0.25) is 0 Å². The minimum absolute atomic E-state index is 0.125. The Balaban J connectivity index is 2.66. The lowest BCUT2D eigenvalue weighted by Crippen LogP contribution is -2.33. The van der Waals surface area contributed by atoms with E-state index < -0.39 is 22.1 Å². The minimum atomic E-state index is -3.33. The molecule has 0 spiro atoms. The van der Waals surface area contributed by atoms with Crippen molar-refractivity contribution in [3.05, 3.63) is 35.4 Å². The van der Waals surface area contributed by atoms with Crippen LogP contribution in [0.5, 0.6) is 0 Å². The number of benzene rings is 1. The van der Waals surface area contributed by atoms with Gasteiger partial charge in [0.1, 0.15) is 0 Å². The molecule has 0 amide bonds. The molecule has 0 aromatic heterocycles. The Kier molecular flexibility index (Phi) is 12.9. The number of aliphatic hydroxyl groups is 1. The van der Waals surface area contributed by atoms with Crippen LogP contribution in [0.25, 0.3) is 0 Å². The highest BCUT2D eigenvalue weighted by atomic mass is 32.2. The second kappa shape index (κ2) is 14.5. The van der Waals surface area contributed by atoms with Gasteiger partial charge < -0.3 is 10.2 Å². The van der Waals surface area contributed by atoms with Crippen molar-refractivity contribution < 1.29 is 23.4 Å². The summed E-state index contributed by atoms with van der Waals surface area (Å²) in [6.45, 7) is 4.76. The molecule has 0 aliphatic heterocycles. The quantitative estimate of drug-likeness (QED) is 0.336. The van der Waals surface area contributed by atoms with E-state index in [0.717, 1.165) is 56.1 Å². The molecule has 0 heterocycles. The molecule has 172 valence electrons. The summed E-state index contributed by atoms with van der Waals surface area (Å²) in [7, 11) is -3.33. The Hall–Kier alpha value is -1.44. The van der Waals surface area contributed by atoms with Gasteiger partial charge in [-0.2, -0.15) is 4.31 Å². The highest BCUT2D eigenvalue weighted by molar-refractivity contribution is 7.89. The van der Waals surface area contributed by atoms with Gasteiger partial charge in [0.25, 0.3) is 0 Å². The summed E-state index contributed by atoms with van der Waals surface area (Å²) in [5, 5.41) is 19.0. The predicted octanol–water partition coefficient (Wildman–Crippen LogP) is 4.88. The molecule has 0 saturated heterocycles. The largest absolute Gasteiger partial charge is 0.481 e. The fourth-order valence-electron chi connectivity index (χ4n) is 3.42. The topological polar surface area (TPSA) is 94.9 Å². The fraction of sp³-hybridized carbons (Fsp3) is 0.696. The van der Waals surface area contributed by atoms with Gasteiger partial charge in [-0.1, -0.05) is 70.2 Å². The predicted molar refractivity (Wildman–Crippen MR) is 121 cm³/mol. The fourth-order valence-corrected chi connectivity index (χ4v) is 4.95. The van der Waals surface area contributed by atoms with Crippen LogP contribution in [0.1, 0.15) is 95.3 Å². The van der Waals surface area contributed by atoms with Gasteiger partial charge in [0, 0.05) is 19.5 Å². The minimum Gasteiger partial charge on any atom is -0.481 e. The van der Waals surface area contributed by atoms with Crippen LogP contribution in [-0.4, -0.2) is 41.2 Å². The maximum absolute atomic E-state index is 12.7. The van der Waals surface area contributed by atoms with Crippen LogP contribution < -0.4 is 0 Å². The van der Waals surface area contributed by atoms with Crippen molar-refractivity contribution in [3.8, 4) is 0 Å². The number of nitrogens with zero attached hydrogens (tertiary/aromatic N) is 1. The first-order valence-electron chi connectivity index (χ1n) is 11.3. The van der Waals surface area contributed by atoms with Crippen molar-refractivity contribution in [2.24, 2.45) is 0 Å². The van der Waals surface area contributed by atoms with E-state index in [1.807, 2.05) is 31.2 Å². The van der Waals surface area contributed by atoms with E-state index in [1.54, 1.807) is 4.31 Å². The molecule has 0 aliphatic carbocycles. The zero-order valence-corrected chi connectivity index (χ0v) is 19.4. The molecule has 30 heavy (non-hydrogen) atoms. The molecule has 2 N–H and O–H groups in total. The SMILES string of the molecule is CCCCCC(O)c1ccc(CN(CCCCCCC(=O)O)S(=O)(=O)CCC)cc1. The lowest BCUT2D eigenvalue weighted by atomic mass is 10.0. The summed E-state index contributed by atoms with van der Waals surface area (Å²) in [6, 6.07) is 7.59. The smallest absolute Gasteiger partial charge is 0.303 e. The average molecular weight is 442 g/mol. The number of carboxylic acid groups (broad SMARTS) is 1. The molecular weight excluding hydrogens is 402 g/mol. The van der Waals surface area contributed by atoms with E-state index in [2.05, 4.69) is 6.92 Å². The number of rotatable bonds is 17. The van der Waals surface area contributed by atoms with E-state index in [9.17, 15) is 18.3 Å². The molecule has 0 saturated carbocycles. The summed E-state index contributed by atoms with van der Waals surface area (Å²) < 4.78 is 26.9. The molecule has 6 nitrogen and oxygen atoms in total. The van der Waals surface area contributed by atoms with Gasteiger partial charge >= 0.3 is 5.97 Å². The van der Waals surface area contributed by atoms with Gasteiger partial charge in [-0.15, -0.1) is 0 Å². The van der Waals surface area contributed by atoms with Crippen LogP contribution >= 0.6 is 0 Å². The zero-order chi connectivity index (χ0) is 22.4. The zero-order valence-electron chi connectivity index (χ0n) is 18.6. The van der Waals surface area contributed by atoms with Crippen LogP contribution in [0.4, 0.5) is 0 Å². The highest BCUT2D eigenvalue weighted by Gasteiger charge is 2.21. The summed E-state index contributed by atoms with van der Waals surface area (Å²) in [5.74, 6) is -0.665. The van der Waals surface area contributed by atoms with Gasteiger partial charge in [-0.05, 0) is 36.8 Å². The lowest BCUT2D eigenvalue weighted by Gasteiger charge is -2.22. The molecule has 1 rings (SSSR count). The molecule has 1 aromatic carbocycles. The van der Waals surface area contributed by atoms with Crippen LogP contribution in [0, 0.1) is 0 Å². The van der Waals surface area contributed by atoms with Crippen LogP contribution in [-0.2, 0) is 21.4 Å². The molecule has 7 heteroatoms. The van der Waals surface area contributed by atoms with Crippen LogP contribution in [0.15, 0.2) is 24.3 Å². The van der Waals surface area contributed by atoms with Crippen molar-refractivity contribution in [3.63, 3.8) is 0 Å². The second-order valence-electron chi connectivity index (χ2n) is 7.96. The molecular formula is C23H39NO5S. The van der Waals surface area contributed by atoms with Gasteiger partial charge in [0.2, 0.25) is 10.0 Å². The first kappa shape index (κ1) is 26.6. The number of unbranched alkanes of at least 4 members (excludes halogenated alkanes) is 5. The van der Waals surface area contributed by atoms with Gasteiger partial charge in [-0.3, -0.25) is 4.79 Å². The van der Waals surface area contributed by atoms with Crippen molar-refractivity contribution >= 4 is 16.0 Å². The molecule has 0 fully saturated rings. The van der Waals surface area contributed by atoms with E-state index in [0.29, 0.717) is 25.9 Å². The summed E-state index contributed by atoms with van der Waals surface area (Å²) in [4.78, 5) is 10.6. The van der Waals surface area contributed by atoms with Gasteiger partial charge in [0.05, 0.1) is 11.9 Å². The number of aliphatic hydroxyl groups excluding tert-OH is 1. The Labute approximate surface area is 182 Å². The van der Waals surface area contributed by atoms with E-state index in [-0.39, 0.29) is 12.2 Å². The number of carboxylic acids is 1. The van der Waals surface area contributed by atoms with E-state index in [1.165, 1.54) is 0 Å². The van der Waals surface area contributed by atoms with E-state index >= 15 is 0 Å². The number of aliphatic carboxylic acids is 1. The highest BCUT2D eigenvalue weighted by Crippen LogP contribution is 2.21. The molecule has 0 radical (unpaired) electrons. The molecule has 1 unspecified atom stereocenters. The molecule has 1 aromatic rings. The average Bonchev–Trinajstić information content (AvgIpc) is 2.70. The third kappa shape index (κ3) is 10.5. The van der Waals surface area contributed by atoms with E-state index in [4.69, 9.17) is 5.11 Å². The van der Waals surface area contributed by atoms with Crippen molar-refractivity contribution in [2.75, 3.05) is 12.3 Å². The first-order valence-corrected chi connectivity index (χ1v) is 12.9. The normalized spacial score (nSPS) is 12.9.